The van der Waals surface area contributed by atoms with Crippen molar-refractivity contribution in [1.29, 1.82) is 0 Å². The highest BCUT2D eigenvalue weighted by Crippen LogP contribution is 2.70. The number of ether oxygens (including phenoxy) is 1. The number of ketones is 2. The summed E-state index contributed by atoms with van der Waals surface area (Å²) in [5.41, 5.74) is -5.17. The zero-order valence-corrected chi connectivity index (χ0v) is 31.4. The van der Waals surface area contributed by atoms with Gasteiger partial charge >= 0.3 is 6.16 Å². The van der Waals surface area contributed by atoms with E-state index < -0.39 is 58.6 Å². The van der Waals surface area contributed by atoms with Crippen molar-refractivity contribution >= 4 is 17.7 Å². The molecule has 0 radical (unpaired) electrons. The van der Waals surface area contributed by atoms with E-state index in [1.54, 1.807) is 26.8 Å². The maximum Gasteiger partial charge on any atom is 0.505 e. The Bertz CT molecular complexity index is 1190. The van der Waals surface area contributed by atoms with E-state index in [-0.39, 0.29) is 18.1 Å². The first-order valence-corrected chi connectivity index (χ1v) is 19.8. The Kier molecular flexibility index (Phi) is 16.2. The molecule has 3 fully saturated rings. The minimum Gasteiger partial charge on any atom is -0.450 e. The summed E-state index contributed by atoms with van der Waals surface area (Å²) in [6, 6.07) is 0. The third kappa shape index (κ3) is 9.09. The van der Waals surface area contributed by atoms with E-state index in [4.69, 9.17) is 5.11 Å². The van der Waals surface area contributed by atoms with Crippen LogP contribution in [0.1, 0.15) is 156 Å². The van der Waals surface area contributed by atoms with E-state index in [0.29, 0.717) is 31.4 Å². The fourth-order valence-corrected chi connectivity index (χ4v) is 10.1. The average Bonchev–Trinajstić information content (AvgIpc) is 3.28. The molecule has 0 aromatic carbocycles. The number of rotatable bonds is 19. The van der Waals surface area contributed by atoms with E-state index in [1.807, 2.05) is 0 Å². The number of Topliss-reactive ketones (excluding diaryl/α,β-unsaturated/α-hetero) is 1. The van der Waals surface area contributed by atoms with Gasteiger partial charge in [0.1, 0.15) is 12.2 Å². The highest BCUT2D eigenvalue weighted by molar-refractivity contribution is 6.01. The molecule has 0 bridgehead atoms. The van der Waals surface area contributed by atoms with Gasteiger partial charge in [-0.2, -0.15) is 0 Å². The molecule has 8 atom stereocenters. The lowest BCUT2D eigenvalue weighted by molar-refractivity contribution is -0.219. The number of fused-ring (bicyclic) bond motifs is 5. The number of carbonyl (C=O) groups excluding carboxylic acids is 2. The van der Waals surface area contributed by atoms with Crippen LogP contribution in [0.5, 0.6) is 0 Å². The van der Waals surface area contributed by atoms with Gasteiger partial charge in [0.05, 0.1) is 12.7 Å². The molecule has 0 aliphatic heterocycles. The molecular weight excluding hydrogens is 639 g/mol. The topological polar surface area (TPSA) is 141 Å². The molecule has 0 aromatic rings. The van der Waals surface area contributed by atoms with E-state index in [0.717, 1.165) is 12.8 Å². The van der Waals surface area contributed by atoms with Gasteiger partial charge in [0.2, 0.25) is 0 Å². The van der Waals surface area contributed by atoms with Crippen molar-refractivity contribution in [3.63, 3.8) is 0 Å². The molecule has 0 heterocycles. The third-order valence-electron chi connectivity index (χ3n) is 13.0. The molecule has 3 saturated carbocycles. The average molecular weight is 707 g/mol. The summed E-state index contributed by atoms with van der Waals surface area (Å²) in [6.07, 6.45) is 24.5. The van der Waals surface area contributed by atoms with Gasteiger partial charge < -0.3 is 25.2 Å². The number of alkyl halides is 1. The third-order valence-corrected chi connectivity index (χ3v) is 13.0. The maximum atomic E-state index is 16.9. The van der Waals surface area contributed by atoms with Crippen molar-refractivity contribution in [3.05, 3.63) is 23.8 Å². The van der Waals surface area contributed by atoms with Crippen molar-refractivity contribution in [2.75, 3.05) is 13.2 Å². The zero-order valence-electron chi connectivity index (χ0n) is 31.4. The number of hydrogen-bond acceptors (Lipinski definition) is 7. The summed E-state index contributed by atoms with van der Waals surface area (Å²) in [5.74, 6) is -2.12. The quantitative estimate of drug-likeness (QED) is 0.0771. The Labute approximate surface area is 300 Å². The molecule has 0 saturated heterocycles. The lowest BCUT2D eigenvalue weighted by atomic mass is 9.44. The molecule has 50 heavy (non-hydrogen) atoms. The SMILES string of the molecule is CCCCCCCCCCCCCCCCCCOC(=O)O.C[C@@H]1C[C@H]2[C@@H]3CCC4=CC(=O)C=C[C@]4(C)[C@@]3(F)[C@@H](O)C[C@]2(C)[C@@]1(O)C(=O)CO. The second kappa shape index (κ2) is 19.1. The van der Waals surface area contributed by atoms with Gasteiger partial charge in [-0.3, -0.25) is 9.59 Å². The molecule has 0 aromatic heterocycles. The number of carboxylic acid groups (broad SMARTS) is 1. The predicted molar refractivity (Wildman–Crippen MR) is 193 cm³/mol. The Balaban J connectivity index is 0.000000281. The van der Waals surface area contributed by atoms with Crippen LogP contribution in [0.2, 0.25) is 0 Å². The standard InChI is InChI=1S/C22H29FO5.C19H38O3/c1-12-8-16-15-5-4-13-9-14(25)6-7-19(13,2)21(15,23)17(26)10-20(16,3)22(12,28)18(27)11-24;1-2-3-4-5-6-7-8-9-10-11-12-13-14-15-16-17-18-22-19(20)21/h6-7,9,12,15-17,24,26,28H,4-5,8,10-11H2,1-3H3;2-18H2,1H3,(H,20,21)/t12-,15+,16+,17+,19+,20+,21+,22+;/m1./s1. The van der Waals surface area contributed by atoms with Crippen LogP contribution in [0.15, 0.2) is 23.8 Å². The Hall–Kier alpha value is -2.10. The Morgan fingerprint density at radius 1 is 0.900 bits per heavy atom. The highest BCUT2D eigenvalue weighted by atomic mass is 19.1. The normalized spacial score (nSPS) is 34.2. The van der Waals surface area contributed by atoms with Gasteiger partial charge in [-0.05, 0) is 63.0 Å². The fourth-order valence-electron chi connectivity index (χ4n) is 10.1. The van der Waals surface area contributed by atoms with Crippen molar-refractivity contribution in [2.45, 2.75) is 173 Å². The van der Waals surface area contributed by atoms with Crippen LogP contribution in [0.3, 0.4) is 0 Å². The van der Waals surface area contributed by atoms with E-state index in [9.17, 15) is 29.7 Å². The van der Waals surface area contributed by atoms with Gasteiger partial charge in [0, 0.05) is 16.7 Å². The maximum absolute atomic E-state index is 16.9. The first kappa shape index (κ1) is 42.3. The molecule has 0 spiro atoms. The first-order valence-electron chi connectivity index (χ1n) is 19.8. The minimum absolute atomic E-state index is 0.0676. The molecule has 0 amide bonds. The Morgan fingerprint density at radius 3 is 1.92 bits per heavy atom. The fraction of sp³-hybridized carbons (Fsp3) is 0.829. The van der Waals surface area contributed by atoms with E-state index >= 15 is 4.39 Å². The summed E-state index contributed by atoms with van der Waals surface area (Å²) >= 11 is 0. The monoisotopic (exact) mass is 706 g/mol. The Morgan fingerprint density at radius 2 is 1.42 bits per heavy atom. The molecule has 4 N–H and O–H groups in total. The van der Waals surface area contributed by atoms with Crippen LogP contribution in [-0.2, 0) is 14.3 Å². The van der Waals surface area contributed by atoms with Crippen LogP contribution in [0.25, 0.3) is 0 Å². The molecule has 9 heteroatoms. The van der Waals surface area contributed by atoms with Crippen LogP contribution < -0.4 is 0 Å². The summed E-state index contributed by atoms with van der Waals surface area (Å²) in [5, 5.41) is 40.3. The van der Waals surface area contributed by atoms with Crippen molar-refractivity contribution in [2.24, 2.45) is 28.6 Å². The highest BCUT2D eigenvalue weighted by Gasteiger charge is 2.75. The minimum atomic E-state index is -1.98. The van der Waals surface area contributed by atoms with Gasteiger partial charge in [-0.15, -0.1) is 0 Å². The number of halogens is 1. The molecule has 4 rings (SSSR count). The number of aliphatic hydroxyl groups is 3. The van der Waals surface area contributed by atoms with Crippen LogP contribution in [0, 0.1) is 28.6 Å². The molecule has 0 unspecified atom stereocenters. The zero-order chi connectivity index (χ0) is 37.0. The van der Waals surface area contributed by atoms with Gasteiger partial charge in [0.15, 0.2) is 17.2 Å². The number of allylic oxidation sites excluding steroid dienone is 4. The largest absolute Gasteiger partial charge is 0.505 e. The van der Waals surface area contributed by atoms with Gasteiger partial charge in [-0.1, -0.05) is 129 Å². The van der Waals surface area contributed by atoms with Gasteiger partial charge in [-0.25, -0.2) is 9.18 Å². The van der Waals surface area contributed by atoms with Crippen molar-refractivity contribution in [1.82, 2.24) is 0 Å². The molecule has 4 aliphatic rings. The summed E-state index contributed by atoms with van der Waals surface area (Å²) < 4.78 is 21.3. The lowest BCUT2D eigenvalue weighted by Crippen LogP contribution is -2.69. The number of aliphatic hydroxyl groups excluding tert-OH is 2. The number of hydrogen-bond donors (Lipinski definition) is 4. The van der Waals surface area contributed by atoms with E-state index in [2.05, 4.69) is 11.7 Å². The smallest absolute Gasteiger partial charge is 0.450 e. The molecule has 8 nitrogen and oxygen atoms in total. The predicted octanol–water partition coefficient (Wildman–Crippen LogP) is 8.84. The summed E-state index contributed by atoms with van der Waals surface area (Å²) in [7, 11) is 0. The van der Waals surface area contributed by atoms with Crippen molar-refractivity contribution in [3.8, 4) is 0 Å². The van der Waals surface area contributed by atoms with Crippen LogP contribution in [-0.4, -0.2) is 68.7 Å². The molecular formula is C41H67FO8. The number of unbranched alkanes of at least 4 members (excludes halogenated alkanes) is 15. The molecule has 286 valence electrons. The summed E-state index contributed by atoms with van der Waals surface area (Å²) in [4.78, 5) is 34.5. The second-order valence-electron chi connectivity index (χ2n) is 16.2. The molecule has 4 aliphatic carbocycles. The lowest BCUT2D eigenvalue weighted by Gasteiger charge is -2.62. The van der Waals surface area contributed by atoms with Crippen LogP contribution >= 0.6 is 0 Å². The first-order chi connectivity index (χ1) is 23.7. The van der Waals surface area contributed by atoms with E-state index in [1.165, 1.54) is 102 Å². The van der Waals surface area contributed by atoms with Crippen LogP contribution in [0.4, 0.5) is 9.18 Å². The number of carbonyl (C=O) groups is 3. The van der Waals surface area contributed by atoms with Gasteiger partial charge in [0.25, 0.3) is 0 Å². The second-order valence-corrected chi connectivity index (χ2v) is 16.2. The van der Waals surface area contributed by atoms with Crippen molar-refractivity contribution < 1.29 is 43.9 Å². The summed E-state index contributed by atoms with van der Waals surface area (Å²) in [6.45, 7) is 7.11.